The molecule has 0 unspecified atom stereocenters. The molecule has 2 aromatic rings. The maximum absolute atomic E-state index is 11.9. The molecular formula is C19H24N4O3. The van der Waals surface area contributed by atoms with E-state index in [0.29, 0.717) is 18.0 Å². The second-order valence-corrected chi connectivity index (χ2v) is 6.55. The van der Waals surface area contributed by atoms with Crippen molar-refractivity contribution in [2.75, 3.05) is 18.5 Å². The number of H-pyrrole nitrogens is 1. The van der Waals surface area contributed by atoms with E-state index in [1.807, 2.05) is 19.2 Å². The Morgan fingerprint density at radius 2 is 2.19 bits per heavy atom. The summed E-state index contributed by atoms with van der Waals surface area (Å²) in [5.41, 5.74) is 2.92. The minimum absolute atomic E-state index is 0.0488. The molecule has 1 heterocycles. The molecule has 0 aliphatic heterocycles. The molecule has 0 radical (unpaired) electrons. The van der Waals surface area contributed by atoms with Crippen LogP contribution in [0.2, 0.25) is 0 Å². The van der Waals surface area contributed by atoms with Gasteiger partial charge in [0.1, 0.15) is 5.75 Å². The lowest BCUT2D eigenvalue weighted by atomic mass is 10.1. The van der Waals surface area contributed by atoms with Gasteiger partial charge in [0, 0.05) is 29.9 Å². The van der Waals surface area contributed by atoms with Crippen LogP contribution in [0.15, 0.2) is 30.5 Å². The van der Waals surface area contributed by atoms with E-state index in [0.717, 1.165) is 31.4 Å². The molecule has 0 atom stereocenters. The molecule has 26 heavy (non-hydrogen) atoms. The predicted octanol–water partition coefficient (Wildman–Crippen LogP) is 2.19. The summed E-state index contributed by atoms with van der Waals surface area (Å²) in [6.45, 7) is 2.52. The molecule has 0 saturated heterocycles. The molecule has 0 spiro atoms. The van der Waals surface area contributed by atoms with Crippen LogP contribution in [0.1, 0.15) is 30.5 Å². The van der Waals surface area contributed by atoms with Crippen LogP contribution in [0.25, 0.3) is 0 Å². The zero-order valence-corrected chi connectivity index (χ0v) is 14.9. The molecule has 1 aromatic carbocycles. The third kappa shape index (κ3) is 5.34. The Labute approximate surface area is 152 Å². The van der Waals surface area contributed by atoms with Gasteiger partial charge in [-0.3, -0.25) is 14.7 Å². The number of benzene rings is 1. The number of carbonyl (C=O) groups is 2. The Hall–Kier alpha value is -2.83. The van der Waals surface area contributed by atoms with E-state index in [1.54, 1.807) is 18.2 Å². The summed E-state index contributed by atoms with van der Waals surface area (Å²) in [6.07, 6.45) is 5.45. The summed E-state index contributed by atoms with van der Waals surface area (Å²) in [7, 11) is 0. The molecule has 2 amide bonds. The number of carbonyl (C=O) groups excluding carboxylic acids is 2. The van der Waals surface area contributed by atoms with Crippen molar-refractivity contribution in [3.8, 4) is 5.75 Å². The highest BCUT2D eigenvalue weighted by Gasteiger charge is 2.29. The van der Waals surface area contributed by atoms with Crippen molar-refractivity contribution in [3.05, 3.63) is 41.7 Å². The summed E-state index contributed by atoms with van der Waals surface area (Å²) in [5, 5.41) is 12.6. The van der Waals surface area contributed by atoms with Gasteiger partial charge in [-0.2, -0.15) is 5.10 Å². The molecule has 1 saturated carbocycles. The summed E-state index contributed by atoms with van der Waals surface area (Å²) < 4.78 is 5.51. The van der Waals surface area contributed by atoms with Gasteiger partial charge in [-0.05, 0) is 50.3 Å². The van der Waals surface area contributed by atoms with Crippen LogP contribution in [0.3, 0.4) is 0 Å². The van der Waals surface area contributed by atoms with Crippen molar-refractivity contribution in [1.82, 2.24) is 15.5 Å². The van der Waals surface area contributed by atoms with Crippen molar-refractivity contribution >= 4 is 17.5 Å². The van der Waals surface area contributed by atoms with Crippen LogP contribution in [-0.2, 0) is 16.0 Å². The number of nitrogens with zero attached hydrogens (tertiary/aromatic N) is 1. The first kappa shape index (κ1) is 18.0. The molecule has 3 N–H and O–H groups in total. The molecule has 1 aliphatic rings. The van der Waals surface area contributed by atoms with E-state index in [1.165, 1.54) is 5.56 Å². The summed E-state index contributed by atoms with van der Waals surface area (Å²) in [4.78, 5) is 23.7. The van der Waals surface area contributed by atoms with E-state index < -0.39 is 0 Å². The molecule has 3 rings (SSSR count). The molecule has 1 aromatic heterocycles. The molecule has 7 heteroatoms. The lowest BCUT2D eigenvalue weighted by molar-refractivity contribution is -0.123. The summed E-state index contributed by atoms with van der Waals surface area (Å²) in [6, 6.07) is 7.10. The van der Waals surface area contributed by atoms with Crippen LogP contribution >= 0.6 is 0 Å². The first-order valence-corrected chi connectivity index (χ1v) is 8.91. The van der Waals surface area contributed by atoms with Crippen molar-refractivity contribution in [2.45, 2.75) is 32.6 Å². The third-order valence-electron chi connectivity index (χ3n) is 4.30. The fraction of sp³-hybridized carbons (Fsp3) is 0.421. The van der Waals surface area contributed by atoms with Gasteiger partial charge in [0.2, 0.25) is 5.91 Å². The molecule has 0 bridgehead atoms. The number of aromatic nitrogens is 2. The molecule has 1 fully saturated rings. The molecule has 1 aliphatic carbocycles. The first-order chi connectivity index (χ1) is 12.6. The highest BCUT2D eigenvalue weighted by molar-refractivity contribution is 5.94. The van der Waals surface area contributed by atoms with Gasteiger partial charge in [-0.15, -0.1) is 0 Å². The van der Waals surface area contributed by atoms with E-state index >= 15 is 0 Å². The van der Waals surface area contributed by atoms with Crippen LogP contribution in [-0.4, -0.2) is 35.2 Å². The lowest BCUT2D eigenvalue weighted by Gasteiger charge is -2.09. The van der Waals surface area contributed by atoms with Gasteiger partial charge in [0.25, 0.3) is 5.91 Å². The second kappa shape index (κ2) is 8.51. The zero-order chi connectivity index (χ0) is 18.4. The normalized spacial score (nSPS) is 13.3. The third-order valence-corrected chi connectivity index (χ3v) is 4.30. The number of hydrogen-bond donors (Lipinski definition) is 3. The number of aryl methyl sites for hydroxylation is 2. The minimum atomic E-state index is -0.165. The maximum Gasteiger partial charge on any atom is 0.257 e. The SMILES string of the molecule is Cc1[nH]ncc1CCCNC(=O)COc1cccc(NC(=O)C2CC2)c1. The summed E-state index contributed by atoms with van der Waals surface area (Å²) in [5.74, 6) is 0.591. The highest BCUT2D eigenvalue weighted by atomic mass is 16.5. The fourth-order valence-electron chi connectivity index (χ4n) is 2.59. The highest BCUT2D eigenvalue weighted by Crippen LogP contribution is 2.30. The topological polar surface area (TPSA) is 96.1 Å². The largest absolute Gasteiger partial charge is 0.484 e. The smallest absolute Gasteiger partial charge is 0.257 e. The van der Waals surface area contributed by atoms with E-state index in [9.17, 15) is 9.59 Å². The number of anilines is 1. The van der Waals surface area contributed by atoms with Gasteiger partial charge in [-0.1, -0.05) is 6.07 Å². The van der Waals surface area contributed by atoms with Gasteiger partial charge < -0.3 is 15.4 Å². The number of amides is 2. The van der Waals surface area contributed by atoms with Crippen molar-refractivity contribution in [2.24, 2.45) is 5.92 Å². The van der Waals surface area contributed by atoms with Crippen molar-refractivity contribution in [3.63, 3.8) is 0 Å². The van der Waals surface area contributed by atoms with Gasteiger partial charge in [0.05, 0.1) is 6.20 Å². The first-order valence-electron chi connectivity index (χ1n) is 8.91. The summed E-state index contributed by atoms with van der Waals surface area (Å²) >= 11 is 0. The van der Waals surface area contributed by atoms with E-state index in [2.05, 4.69) is 20.8 Å². The number of rotatable bonds is 9. The van der Waals surface area contributed by atoms with E-state index in [4.69, 9.17) is 4.74 Å². The Morgan fingerprint density at radius 3 is 2.92 bits per heavy atom. The minimum Gasteiger partial charge on any atom is -0.484 e. The number of aromatic amines is 1. The molecule has 138 valence electrons. The Kier molecular flexibility index (Phi) is 5.88. The Balaban J connectivity index is 1.36. The predicted molar refractivity (Wildman–Crippen MR) is 97.9 cm³/mol. The number of nitrogens with one attached hydrogen (secondary N) is 3. The van der Waals surface area contributed by atoms with E-state index in [-0.39, 0.29) is 24.3 Å². The molecule has 7 nitrogen and oxygen atoms in total. The van der Waals surface area contributed by atoms with Crippen LogP contribution in [0.4, 0.5) is 5.69 Å². The Bertz CT molecular complexity index is 768. The van der Waals surface area contributed by atoms with Gasteiger partial charge >= 0.3 is 0 Å². The fourth-order valence-corrected chi connectivity index (χ4v) is 2.59. The monoisotopic (exact) mass is 356 g/mol. The number of hydrogen-bond acceptors (Lipinski definition) is 4. The quantitative estimate of drug-likeness (QED) is 0.600. The van der Waals surface area contributed by atoms with Crippen LogP contribution in [0.5, 0.6) is 5.75 Å². The molecular weight excluding hydrogens is 332 g/mol. The maximum atomic E-state index is 11.9. The average Bonchev–Trinajstić information content (AvgIpc) is 3.41. The van der Waals surface area contributed by atoms with Gasteiger partial charge in [0.15, 0.2) is 6.61 Å². The van der Waals surface area contributed by atoms with Gasteiger partial charge in [-0.25, -0.2) is 0 Å². The average molecular weight is 356 g/mol. The standard InChI is InChI=1S/C19H24N4O3/c1-13-15(11-21-23-13)4-3-9-20-18(24)12-26-17-6-2-5-16(10-17)22-19(25)14-7-8-14/h2,5-6,10-11,14H,3-4,7-9,12H2,1H3,(H,20,24)(H,21,23)(H,22,25). The second-order valence-electron chi connectivity index (χ2n) is 6.55. The van der Waals surface area contributed by atoms with Crippen LogP contribution in [0, 0.1) is 12.8 Å². The van der Waals surface area contributed by atoms with Crippen molar-refractivity contribution in [1.29, 1.82) is 0 Å². The Morgan fingerprint density at radius 1 is 1.35 bits per heavy atom. The number of ether oxygens (including phenoxy) is 1. The lowest BCUT2D eigenvalue weighted by Crippen LogP contribution is -2.29. The van der Waals surface area contributed by atoms with Crippen molar-refractivity contribution < 1.29 is 14.3 Å². The van der Waals surface area contributed by atoms with Crippen LogP contribution < -0.4 is 15.4 Å². The zero-order valence-electron chi connectivity index (χ0n) is 14.9.